The molecule has 0 aliphatic rings. The predicted octanol–water partition coefficient (Wildman–Crippen LogP) is 2.91. The van der Waals surface area contributed by atoms with E-state index in [0.717, 1.165) is 20.3 Å². The van der Waals surface area contributed by atoms with Crippen LogP contribution in [0.3, 0.4) is 0 Å². The molecule has 0 aliphatic heterocycles. The van der Waals surface area contributed by atoms with Crippen LogP contribution in [0.25, 0.3) is 11.2 Å². The molecule has 8 nitrogen and oxygen atoms in total. The van der Waals surface area contributed by atoms with E-state index < -0.39 is 17.2 Å². The molecule has 32 heavy (non-hydrogen) atoms. The van der Waals surface area contributed by atoms with Crippen LogP contribution in [0, 0.1) is 13.8 Å². The number of aromatic nitrogens is 4. The van der Waals surface area contributed by atoms with E-state index in [9.17, 15) is 14.4 Å². The molecular formula is C23H20ClN5O3. The average Bonchev–Trinajstić information content (AvgIpc) is 2.74. The summed E-state index contributed by atoms with van der Waals surface area (Å²) < 4.78 is 2.17. The Morgan fingerprint density at radius 3 is 2.41 bits per heavy atom. The molecule has 0 fully saturated rings. The third-order valence-electron chi connectivity index (χ3n) is 4.94. The molecule has 4 aromatic rings. The van der Waals surface area contributed by atoms with Crippen LogP contribution in [0.4, 0.5) is 5.69 Å². The molecular weight excluding hydrogens is 430 g/mol. The Balaban J connectivity index is 1.76. The highest BCUT2D eigenvalue weighted by atomic mass is 35.5. The van der Waals surface area contributed by atoms with Crippen molar-refractivity contribution in [2.75, 3.05) is 5.32 Å². The van der Waals surface area contributed by atoms with E-state index in [1.165, 1.54) is 12.4 Å². The first-order valence-electron chi connectivity index (χ1n) is 9.89. The molecule has 0 unspecified atom stereocenters. The molecule has 0 radical (unpaired) electrons. The van der Waals surface area contributed by atoms with E-state index in [0.29, 0.717) is 16.3 Å². The highest BCUT2D eigenvalue weighted by Crippen LogP contribution is 2.16. The van der Waals surface area contributed by atoms with Crippen molar-refractivity contribution in [3.8, 4) is 0 Å². The Kier molecular flexibility index (Phi) is 5.87. The zero-order valence-electron chi connectivity index (χ0n) is 17.5. The Morgan fingerprint density at radius 2 is 1.69 bits per heavy atom. The van der Waals surface area contributed by atoms with Gasteiger partial charge in [0.15, 0.2) is 11.2 Å². The number of benzene rings is 2. The van der Waals surface area contributed by atoms with Crippen molar-refractivity contribution >= 4 is 34.4 Å². The minimum atomic E-state index is -0.668. The zero-order valence-corrected chi connectivity index (χ0v) is 18.3. The molecule has 1 N–H and O–H groups in total. The lowest BCUT2D eigenvalue weighted by Crippen LogP contribution is -2.42. The van der Waals surface area contributed by atoms with Gasteiger partial charge >= 0.3 is 5.69 Å². The van der Waals surface area contributed by atoms with Crippen LogP contribution in [-0.4, -0.2) is 25.0 Å². The molecule has 1 amide bonds. The summed E-state index contributed by atoms with van der Waals surface area (Å²) in [4.78, 5) is 47.2. The Hall–Kier alpha value is -3.78. The van der Waals surface area contributed by atoms with Crippen LogP contribution in [-0.2, 0) is 17.9 Å². The van der Waals surface area contributed by atoms with Gasteiger partial charge in [0.2, 0.25) is 5.91 Å². The van der Waals surface area contributed by atoms with Gasteiger partial charge in [-0.1, -0.05) is 35.9 Å². The maximum Gasteiger partial charge on any atom is 0.333 e. The van der Waals surface area contributed by atoms with Crippen molar-refractivity contribution in [3.05, 3.63) is 97.4 Å². The summed E-state index contributed by atoms with van der Waals surface area (Å²) in [5.41, 5.74) is 2.02. The topological polar surface area (TPSA) is 98.9 Å². The quantitative estimate of drug-likeness (QED) is 0.505. The van der Waals surface area contributed by atoms with E-state index >= 15 is 0 Å². The molecule has 9 heteroatoms. The maximum absolute atomic E-state index is 13.3. The van der Waals surface area contributed by atoms with Gasteiger partial charge in [0.25, 0.3) is 5.56 Å². The second-order valence-electron chi connectivity index (χ2n) is 7.50. The van der Waals surface area contributed by atoms with Crippen molar-refractivity contribution in [1.29, 1.82) is 0 Å². The second-order valence-corrected chi connectivity index (χ2v) is 7.91. The lowest BCUT2D eigenvalue weighted by atomic mass is 10.1. The minimum absolute atomic E-state index is 0.00152. The van der Waals surface area contributed by atoms with Crippen LogP contribution in [0.15, 0.2) is 64.4 Å². The van der Waals surface area contributed by atoms with E-state index in [2.05, 4.69) is 15.3 Å². The number of hydrogen-bond acceptors (Lipinski definition) is 5. The number of aryl methyl sites for hydroxylation is 2. The fourth-order valence-electron chi connectivity index (χ4n) is 3.60. The molecule has 0 aliphatic carbocycles. The van der Waals surface area contributed by atoms with Crippen molar-refractivity contribution < 1.29 is 4.79 Å². The number of carbonyl (C=O) groups excluding carboxylic acids is 1. The maximum atomic E-state index is 13.3. The lowest BCUT2D eigenvalue weighted by Gasteiger charge is -2.14. The number of carbonyl (C=O) groups is 1. The first-order valence-corrected chi connectivity index (χ1v) is 10.3. The molecule has 0 atom stereocenters. The number of halogens is 1. The summed E-state index contributed by atoms with van der Waals surface area (Å²) in [5, 5.41) is 3.23. The highest BCUT2D eigenvalue weighted by molar-refractivity contribution is 6.31. The monoisotopic (exact) mass is 449 g/mol. The van der Waals surface area contributed by atoms with Crippen molar-refractivity contribution in [3.63, 3.8) is 0 Å². The smallest absolute Gasteiger partial charge is 0.325 e. The second kappa shape index (κ2) is 8.76. The first kappa shape index (κ1) is 21.5. The molecule has 162 valence electrons. The Bertz CT molecular complexity index is 1440. The van der Waals surface area contributed by atoms with E-state index in [4.69, 9.17) is 11.6 Å². The Labute approximate surface area is 188 Å². The summed E-state index contributed by atoms with van der Waals surface area (Å²) in [5.74, 6) is -0.424. The van der Waals surface area contributed by atoms with Crippen molar-refractivity contribution in [1.82, 2.24) is 19.1 Å². The normalized spacial score (nSPS) is 11.0. The number of rotatable bonds is 5. The molecule has 0 spiro atoms. The van der Waals surface area contributed by atoms with Gasteiger partial charge < -0.3 is 5.32 Å². The van der Waals surface area contributed by atoms with Gasteiger partial charge in [-0.3, -0.25) is 18.7 Å². The highest BCUT2D eigenvalue weighted by Gasteiger charge is 2.18. The Morgan fingerprint density at radius 1 is 1.00 bits per heavy atom. The number of nitrogens with zero attached hydrogens (tertiary/aromatic N) is 4. The molecule has 0 saturated carbocycles. The van der Waals surface area contributed by atoms with Crippen LogP contribution < -0.4 is 16.6 Å². The van der Waals surface area contributed by atoms with Gasteiger partial charge in [0.05, 0.1) is 6.54 Å². The summed E-state index contributed by atoms with van der Waals surface area (Å²) in [6.45, 7) is 3.48. The van der Waals surface area contributed by atoms with Gasteiger partial charge in [0.1, 0.15) is 6.54 Å². The lowest BCUT2D eigenvalue weighted by molar-refractivity contribution is -0.116. The summed E-state index contributed by atoms with van der Waals surface area (Å²) in [7, 11) is 0. The molecule has 2 aromatic carbocycles. The predicted molar refractivity (Wildman–Crippen MR) is 123 cm³/mol. The van der Waals surface area contributed by atoms with Crippen molar-refractivity contribution in [2.45, 2.75) is 26.9 Å². The third kappa shape index (κ3) is 4.31. The molecule has 0 bridgehead atoms. The molecule has 4 rings (SSSR count). The van der Waals surface area contributed by atoms with Crippen LogP contribution in [0.1, 0.15) is 16.7 Å². The van der Waals surface area contributed by atoms with Crippen molar-refractivity contribution in [2.24, 2.45) is 0 Å². The zero-order chi connectivity index (χ0) is 22.8. The van der Waals surface area contributed by atoms with Gasteiger partial charge in [0, 0.05) is 23.1 Å². The molecule has 2 heterocycles. The number of nitrogens with one attached hydrogen (secondary N) is 1. The van der Waals surface area contributed by atoms with E-state index in [1.54, 1.807) is 24.3 Å². The van der Waals surface area contributed by atoms with Gasteiger partial charge in [-0.15, -0.1) is 0 Å². The largest absolute Gasteiger partial charge is 0.333 e. The van der Waals surface area contributed by atoms with E-state index in [1.807, 2.05) is 32.0 Å². The average molecular weight is 450 g/mol. The van der Waals surface area contributed by atoms with Gasteiger partial charge in [-0.25, -0.2) is 14.8 Å². The SMILES string of the molecule is Cc1cc(C)cc(NC(=O)Cn2c(=O)n(Cc3ccccc3Cl)c(=O)c3nccnc32)c1. The summed E-state index contributed by atoms with van der Waals surface area (Å²) in [6, 6.07) is 12.6. The minimum Gasteiger partial charge on any atom is -0.325 e. The first-order chi connectivity index (χ1) is 15.3. The number of fused-ring (bicyclic) bond motifs is 1. The molecule has 2 aromatic heterocycles. The van der Waals surface area contributed by atoms with Crippen LogP contribution >= 0.6 is 11.6 Å². The summed E-state index contributed by atoms with van der Waals surface area (Å²) in [6.07, 6.45) is 2.74. The van der Waals surface area contributed by atoms with Gasteiger partial charge in [-0.05, 0) is 48.7 Å². The summed E-state index contributed by atoms with van der Waals surface area (Å²) >= 11 is 6.22. The fourth-order valence-corrected chi connectivity index (χ4v) is 3.80. The van der Waals surface area contributed by atoms with Crippen LogP contribution in [0.2, 0.25) is 5.02 Å². The fraction of sp³-hybridized carbons (Fsp3) is 0.174. The number of hydrogen-bond donors (Lipinski definition) is 1. The third-order valence-corrected chi connectivity index (χ3v) is 5.31. The number of amides is 1. The van der Waals surface area contributed by atoms with E-state index in [-0.39, 0.29) is 24.3 Å². The number of anilines is 1. The van der Waals surface area contributed by atoms with Crippen LogP contribution in [0.5, 0.6) is 0 Å². The van der Waals surface area contributed by atoms with Gasteiger partial charge in [-0.2, -0.15) is 0 Å². The standard InChI is InChI=1S/C23H20ClN5O3/c1-14-9-15(2)11-17(10-14)27-19(30)13-28-21-20(25-7-8-26-21)22(31)29(23(28)32)12-16-5-3-4-6-18(16)24/h3-11H,12-13H2,1-2H3,(H,27,30). The molecule has 0 saturated heterocycles.